The molecule has 0 aromatic heterocycles. The van der Waals surface area contributed by atoms with Gasteiger partial charge < -0.3 is 4.74 Å². The molecular formula is C10H16O2. The summed E-state index contributed by atoms with van der Waals surface area (Å²) >= 11 is 0. The predicted molar refractivity (Wildman–Crippen MR) is 47.7 cm³/mol. The minimum atomic E-state index is -0.285. The molecule has 1 atom stereocenters. The fraction of sp³-hybridized carbons (Fsp3) is 0.700. The first-order chi connectivity index (χ1) is 5.58. The molecule has 0 aromatic rings. The van der Waals surface area contributed by atoms with Gasteiger partial charge in [0.25, 0.3) is 0 Å². The molecule has 0 aliphatic heterocycles. The van der Waals surface area contributed by atoms with Gasteiger partial charge in [-0.1, -0.05) is 12.2 Å². The molecule has 1 saturated carbocycles. The van der Waals surface area contributed by atoms with Crippen LogP contribution in [0.5, 0.6) is 0 Å². The maximum atomic E-state index is 11.4. The zero-order chi connectivity index (χ0) is 9.19. The van der Waals surface area contributed by atoms with Crippen LogP contribution in [0.3, 0.4) is 0 Å². The summed E-state index contributed by atoms with van der Waals surface area (Å²) in [6, 6.07) is 0. The maximum absolute atomic E-state index is 11.4. The van der Waals surface area contributed by atoms with Gasteiger partial charge in [-0.2, -0.15) is 0 Å². The molecule has 0 heterocycles. The molecule has 1 fully saturated rings. The van der Waals surface area contributed by atoms with Gasteiger partial charge >= 0.3 is 5.97 Å². The van der Waals surface area contributed by atoms with Crippen LogP contribution in [0.1, 0.15) is 33.1 Å². The molecule has 68 valence electrons. The van der Waals surface area contributed by atoms with Crippen LogP contribution in [-0.4, -0.2) is 12.6 Å². The normalized spacial score (nSPS) is 29.0. The van der Waals surface area contributed by atoms with Gasteiger partial charge in [0.15, 0.2) is 0 Å². The molecule has 0 saturated heterocycles. The zero-order valence-corrected chi connectivity index (χ0v) is 7.85. The monoisotopic (exact) mass is 168 g/mol. The minimum Gasteiger partial charge on any atom is -0.466 e. The Kier molecular flexibility index (Phi) is 2.55. The van der Waals surface area contributed by atoms with Gasteiger partial charge in [0.2, 0.25) is 0 Å². The minimum absolute atomic E-state index is 0.0661. The Morgan fingerprint density at radius 2 is 2.42 bits per heavy atom. The van der Waals surface area contributed by atoms with Crippen LogP contribution in [0.2, 0.25) is 0 Å². The van der Waals surface area contributed by atoms with Crippen LogP contribution in [-0.2, 0) is 9.53 Å². The van der Waals surface area contributed by atoms with Crippen molar-refractivity contribution in [2.24, 2.45) is 5.41 Å². The molecule has 1 unspecified atom stereocenters. The molecule has 1 rings (SSSR count). The van der Waals surface area contributed by atoms with Crippen LogP contribution >= 0.6 is 0 Å². The molecule has 0 N–H and O–H groups in total. The number of carbonyl (C=O) groups is 1. The topological polar surface area (TPSA) is 26.3 Å². The Hall–Kier alpha value is -0.790. The van der Waals surface area contributed by atoms with Gasteiger partial charge in [-0.25, -0.2) is 0 Å². The van der Waals surface area contributed by atoms with Crippen LogP contribution in [0.15, 0.2) is 12.2 Å². The van der Waals surface area contributed by atoms with E-state index >= 15 is 0 Å². The lowest BCUT2D eigenvalue weighted by Gasteiger charge is -2.20. The van der Waals surface area contributed by atoms with Gasteiger partial charge in [0.05, 0.1) is 12.0 Å². The number of hydrogen-bond acceptors (Lipinski definition) is 2. The largest absolute Gasteiger partial charge is 0.466 e. The highest BCUT2D eigenvalue weighted by Crippen LogP contribution is 2.41. The first kappa shape index (κ1) is 9.30. The number of hydrogen-bond donors (Lipinski definition) is 0. The van der Waals surface area contributed by atoms with E-state index in [-0.39, 0.29) is 11.4 Å². The second kappa shape index (κ2) is 3.30. The lowest BCUT2D eigenvalue weighted by Crippen LogP contribution is -2.26. The fourth-order valence-electron chi connectivity index (χ4n) is 1.66. The van der Waals surface area contributed by atoms with E-state index in [9.17, 15) is 4.79 Å². The van der Waals surface area contributed by atoms with E-state index in [1.165, 1.54) is 5.57 Å². The van der Waals surface area contributed by atoms with Crippen molar-refractivity contribution in [3.63, 3.8) is 0 Å². The Balaban J connectivity index is 2.60. The van der Waals surface area contributed by atoms with Crippen LogP contribution in [0.4, 0.5) is 0 Å². The second-order valence-electron chi connectivity index (χ2n) is 3.71. The number of rotatable bonds is 2. The van der Waals surface area contributed by atoms with Crippen LogP contribution in [0.25, 0.3) is 0 Å². The average Bonchev–Trinajstić information content (AvgIpc) is 2.33. The molecule has 12 heavy (non-hydrogen) atoms. The maximum Gasteiger partial charge on any atom is 0.312 e. The average molecular weight is 168 g/mol. The summed E-state index contributed by atoms with van der Waals surface area (Å²) in [7, 11) is 0. The van der Waals surface area contributed by atoms with Gasteiger partial charge in [0, 0.05) is 0 Å². The third kappa shape index (κ3) is 1.68. The Labute approximate surface area is 73.6 Å². The summed E-state index contributed by atoms with van der Waals surface area (Å²) in [6.45, 7) is 8.16. The molecule has 0 radical (unpaired) electrons. The van der Waals surface area contributed by atoms with Crippen molar-refractivity contribution >= 4 is 5.97 Å². The van der Waals surface area contributed by atoms with Crippen molar-refractivity contribution in [3.8, 4) is 0 Å². The fourth-order valence-corrected chi connectivity index (χ4v) is 1.66. The van der Waals surface area contributed by atoms with Crippen molar-refractivity contribution in [3.05, 3.63) is 12.2 Å². The van der Waals surface area contributed by atoms with Crippen LogP contribution < -0.4 is 0 Å². The summed E-state index contributed by atoms with van der Waals surface area (Å²) in [5.41, 5.74) is 0.887. The Morgan fingerprint density at radius 3 is 2.83 bits per heavy atom. The quantitative estimate of drug-likeness (QED) is 0.467. The van der Waals surface area contributed by atoms with E-state index in [0.29, 0.717) is 6.61 Å². The SMILES string of the molecule is C=C1CCC(C)(C(=O)OCC)C1. The molecule has 2 heteroatoms. The van der Waals surface area contributed by atoms with E-state index < -0.39 is 0 Å². The first-order valence-corrected chi connectivity index (χ1v) is 4.42. The number of carbonyl (C=O) groups excluding carboxylic acids is 1. The van der Waals surface area contributed by atoms with Crippen molar-refractivity contribution < 1.29 is 9.53 Å². The molecule has 2 nitrogen and oxygen atoms in total. The molecule has 1 aliphatic carbocycles. The standard InChI is InChI=1S/C10H16O2/c1-4-12-9(11)10(3)6-5-8(2)7-10/h2,4-7H2,1,3H3. The van der Waals surface area contributed by atoms with E-state index in [1.807, 2.05) is 13.8 Å². The molecule has 0 amide bonds. The highest BCUT2D eigenvalue weighted by molar-refractivity contribution is 5.77. The number of allylic oxidation sites excluding steroid dienone is 1. The summed E-state index contributed by atoms with van der Waals surface area (Å²) in [5, 5.41) is 0. The molecule has 1 aliphatic rings. The van der Waals surface area contributed by atoms with Gasteiger partial charge in [-0.05, 0) is 33.1 Å². The summed E-state index contributed by atoms with van der Waals surface area (Å²) < 4.78 is 5.00. The van der Waals surface area contributed by atoms with Crippen molar-refractivity contribution in [2.45, 2.75) is 33.1 Å². The van der Waals surface area contributed by atoms with Crippen LogP contribution in [0, 0.1) is 5.41 Å². The smallest absolute Gasteiger partial charge is 0.312 e. The highest BCUT2D eigenvalue weighted by atomic mass is 16.5. The van der Waals surface area contributed by atoms with E-state index in [4.69, 9.17) is 4.74 Å². The van der Waals surface area contributed by atoms with E-state index in [2.05, 4.69) is 6.58 Å². The highest BCUT2D eigenvalue weighted by Gasteiger charge is 2.39. The lowest BCUT2D eigenvalue weighted by atomic mass is 9.89. The second-order valence-corrected chi connectivity index (χ2v) is 3.71. The van der Waals surface area contributed by atoms with Gasteiger partial charge in [-0.15, -0.1) is 0 Å². The van der Waals surface area contributed by atoms with E-state index in [1.54, 1.807) is 0 Å². The van der Waals surface area contributed by atoms with Crippen molar-refractivity contribution in [1.29, 1.82) is 0 Å². The Morgan fingerprint density at radius 1 is 1.75 bits per heavy atom. The lowest BCUT2D eigenvalue weighted by molar-refractivity contribution is -0.153. The van der Waals surface area contributed by atoms with Crippen molar-refractivity contribution in [1.82, 2.24) is 0 Å². The summed E-state index contributed by atoms with van der Waals surface area (Å²) in [4.78, 5) is 11.4. The van der Waals surface area contributed by atoms with Gasteiger partial charge in [-0.3, -0.25) is 4.79 Å². The molecular weight excluding hydrogens is 152 g/mol. The predicted octanol–water partition coefficient (Wildman–Crippen LogP) is 2.30. The first-order valence-electron chi connectivity index (χ1n) is 4.42. The molecule has 0 aromatic carbocycles. The third-order valence-corrected chi connectivity index (χ3v) is 2.44. The third-order valence-electron chi connectivity index (χ3n) is 2.44. The molecule has 0 spiro atoms. The summed E-state index contributed by atoms with van der Waals surface area (Å²) in [6.07, 6.45) is 2.66. The summed E-state index contributed by atoms with van der Waals surface area (Å²) in [5.74, 6) is -0.0661. The van der Waals surface area contributed by atoms with Crippen molar-refractivity contribution in [2.75, 3.05) is 6.61 Å². The number of ether oxygens (including phenoxy) is 1. The van der Waals surface area contributed by atoms with Gasteiger partial charge in [0.1, 0.15) is 0 Å². The zero-order valence-electron chi connectivity index (χ0n) is 7.85. The number of esters is 1. The van der Waals surface area contributed by atoms with E-state index in [0.717, 1.165) is 19.3 Å². The Bertz CT molecular complexity index is 208. The molecule has 0 bridgehead atoms.